The predicted molar refractivity (Wildman–Crippen MR) is 77.0 cm³/mol. The number of esters is 1. The maximum atomic E-state index is 11.5. The number of carbonyl (C=O) groups excluding carboxylic acids is 1. The summed E-state index contributed by atoms with van der Waals surface area (Å²) in [4.78, 5) is 11.5. The van der Waals surface area contributed by atoms with Crippen LogP contribution in [0.5, 0.6) is 11.5 Å². The lowest BCUT2D eigenvalue weighted by Crippen LogP contribution is -2.17. The molecule has 1 rings (SSSR count). The highest BCUT2D eigenvalue weighted by atomic mass is 16.6. The van der Waals surface area contributed by atoms with Crippen molar-refractivity contribution in [2.45, 2.75) is 32.7 Å². The van der Waals surface area contributed by atoms with Gasteiger partial charge >= 0.3 is 5.97 Å². The summed E-state index contributed by atoms with van der Waals surface area (Å²) in [5.74, 6) is 0.826. The largest absolute Gasteiger partial charge is 0.497 e. The fraction of sp³-hybridized carbons (Fsp3) is 0.533. The van der Waals surface area contributed by atoms with Crippen LogP contribution >= 0.6 is 0 Å². The van der Waals surface area contributed by atoms with E-state index in [9.17, 15) is 4.79 Å². The molecular weight excluding hydrogens is 258 g/mol. The zero-order chi connectivity index (χ0) is 15.0. The van der Waals surface area contributed by atoms with Gasteiger partial charge in [-0.25, -0.2) is 4.79 Å². The zero-order valence-electron chi connectivity index (χ0n) is 12.3. The number of methoxy groups -OCH3 is 1. The molecule has 0 bridgehead atoms. The van der Waals surface area contributed by atoms with E-state index in [2.05, 4.69) is 0 Å². The van der Waals surface area contributed by atoms with Gasteiger partial charge in [0.25, 0.3) is 0 Å². The molecule has 0 unspecified atom stereocenters. The van der Waals surface area contributed by atoms with Crippen LogP contribution in [-0.4, -0.2) is 26.3 Å². The van der Waals surface area contributed by atoms with Crippen molar-refractivity contribution in [1.82, 2.24) is 0 Å². The van der Waals surface area contributed by atoms with E-state index in [0.29, 0.717) is 18.1 Å². The lowest BCUT2D eigenvalue weighted by atomic mass is 10.1. The molecule has 2 N–H and O–H groups in total. The molecular formula is C15H23NO4. The van der Waals surface area contributed by atoms with Gasteiger partial charge in [0.15, 0.2) is 6.61 Å². The zero-order valence-corrected chi connectivity index (χ0v) is 12.3. The molecule has 0 saturated heterocycles. The molecule has 20 heavy (non-hydrogen) atoms. The number of carbonyl (C=O) groups is 1. The first kappa shape index (κ1) is 16.3. The van der Waals surface area contributed by atoms with Crippen LogP contribution in [0.25, 0.3) is 0 Å². The van der Waals surface area contributed by atoms with Crippen LogP contribution in [0.2, 0.25) is 0 Å². The molecule has 0 spiro atoms. The van der Waals surface area contributed by atoms with Crippen molar-refractivity contribution in [3.8, 4) is 11.5 Å². The summed E-state index contributed by atoms with van der Waals surface area (Å²) >= 11 is 0. The number of hydrogen-bond donors (Lipinski definition) is 1. The van der Waals surface area contributed by atoms with E-state index in [-0.39, 0.29) is 18.6 Å². The van der Waals surface area contributed by atoms with Crippen LogP contribution in [-0.2, 0) is 9.53 Å². The first-order chi connectivity index (χ1) is 9.58. The third kappa shape index (κ3) is 5.09. The SMILES string of the molecule is CCCCOC(=O)COc1cc(OC)ccc1[C@H](C)N. The Kier molecular flexibility index (Phi) is 6.87. The molecule has 0 amide bonds. The van der Waals surface area contributed by atoms with Gasteiger partial charge in [0, 0.05) is 17.7 Å². The smallest absolute Gasteiger partial charge is 0.344 e. The number of unbranched alkanes of at least 4 members (excludes halogenated alkanes) is 1. The molecule has 0 radical (unpaired) electrons. The van der Waals surface area contributed by atoms with Gasteiger partial charge < -0.3 is 19.9 Å². The van der Waals surface area contributed by atoms with Crippen molar-refractivity contribution in [3.05, 3.63) is 23.8 Å². The molecule has 0 aliphatic heterocycles. The van der Waals surface area contributed by atoms with Crippen LogP contribution in [0, 0.1) is 0 Å². The lowest BCUT2D eigenvalue weighted by Gasteiger charge is -2.15. The Balaban J connectivity index is 2.63. The minimum Gasteiger partial charge on any atom is -0.497 e. The first-order valence-electron chi connectivity index (χ1n) is 6.80. The van der Waals surface area contributed by atoms with Gasteiger partial charge in [-0.2, -0.15) is 0 Å². The van der Waals surface area contributed by atoms with Gasteiger partial charge in [-0.3, -0.25) is 0 Å². The second-order valence-corrected chi connectivity index (χ2v) is 4.56. The van der Waals surface area contributed by atoms with Crippen LogP contribution < -0.4 is 15.2 Å². The second kappa shape index (κ2) is 8.43. The fourth-order valence-electron chi connectivity index (χ4n) is 1.65. The van der Waals surface area contributed by atoms with Crippen molar-refractivity contribution in [2.75, 3.05) is 20.3 Å². The molecule has 5 heteroatoms. The van der Waals surface area contributed by atoms with E-state index in [1.807, 2.05) is 26.0 Å². The second-order valence-electron chi connectivity index (χ2n) is 4.56. The minimum atomic E-state index is -0.378. The predicted octanol–water partition coefficient (Wildman–Crippen LogP) is 2.44. The number of nitrogens with two attached hydrogens (primary N) is 1. The molecule has 5 nitrogen and oxygen atoms in total. The van der Waals surface area contributed by atoms with Gasteiger partial charge in [0.1, 0.15) is 11.5 Å². The maximum absolute atomic E-state index is 11.5. The Bertz CT molecular complexity index is 432. The normalized spacial score (nSPS) is 11.8. The van der Waals surface area contributed by atoms with E-state index in [1.54, 1.807) is 13.2 Å². The molecule has 0 fully saturated rings. The van der Waals surface area contributed by atoms with Gasteiger partial charge in [-0.05, 0) is 19.4 Å². The van der Waals surface area contributed by atoms with Crippen molar-refractivity contribution < 1.29 is 19.0 Å². The van der Waals surface area contributed by atoms with Gasteiger partial charge in [0.05, 0.1) is 13.7 Å². The van der Waals surface area contributed by atoms with Crippen LogP contribution in [0.3, 0.4) is 0 Å². The van der Waals surface area contributed by atoms with E-state index in [1.165, 1.54) is 0 Å². The average molecular weight is 281 g/mol. The Morgan fingerprint density at radius 1 is 1.40 bits per heavy atom. The quantitative estimate of drug-likeness (QED) is 0.585. The van der Waals surface area contributed by atoms with Gasteiger partial charge in [-0.1, -0.05) is 19.4 Å². The van der Waals surface area contributed by atoms with Gasteiger partial charge in [0.2, 0.25) is 0 Å². The summed E-state index contributed by atoms with van der Waals surface area (Å²) < 4.78 is 15.7. The number of rotatable bonds is 8. The van der Waals surface area contributed by atoms with Crippen LogP contribution in [0.4, 0.5) is 0 Å². The molecule has 1 aromatic rings. The summed E-state index contributed by atoms with van der Waals surface area (Å²) in [5.41, 5.74) is 6.70. The topological polar surface area (TPSA) is 70.8 Å². The van der Waals surface area contributed by atoms with Crippen molar-refractivity contribution in [2.24, 2.45) is 5.73 Å². The fourth-order valence-corrected chi connectivity index (χ4v) is 1.65. The molecule has 1 aromatic carbocycles. The minimum absolute atomic E-state index is 0.128. The molecule has 0 aromatic heterocycles. The van der Waals surface area contributed by atoms with Crippen molar-refractivity contribution >= 4 is 5.97 Å². The maximum Gasteiger partial charge on any atom is 0.344 e. The highest BCUT2D eigenvalue weighted by Crippen LogP contribution is 2.28. The van der Waals surface area contributed by atoms with Crippen LogP contribution in [0.15, 0.2) is 18.2 Å². The van der Waals surface area contributed by atoms with E-state index in [0.717, 1.165) is 18.4 Å². The molecule has 0 heterocycles. The molecule has 0 aliphatic rings. The Hall–Kier alpha value is -1.75. The third-order valence-corrected chi connectivity index (χ3v) is 2.82. The summed E-state index contributed by atoms with van der Waals surface area (Å²) in [6.07, 6.45) is 1.84. The average Bonchev–Trinajstić information content (AvgIpc) is 2.44. The lowest BCUT2D eigenvalue weighted by molar-refractivity contribution is -0.146. The summed E-state index contributed by atoms with van der Waals surface area (Å²) in [7, 11) is 1.57. The number of ether oxygens (including phenoxy) is 3. The molecule has 0 saturated carbocycles. The number of benzene rings is 1. The van der Waals surface area contributed by atoms with E-state index >= 15 is 0 Å². The summed E-state index contributed by atoms with van der Waals surface area (Å²) in [6, 6.07) is 5.18. The Morgan fingerprint density at radius 2 is 2.15 bits per heavy atom. The highest BCUT2D eigenvalue weighted by Gasteiger charge is 2.12. The van der Waals surface area contributed by atoms with Crippen molar-refractivity contribution in [3.63, 3.8) is 0 Å². The monoisotopic (exact) mass is 281 g/mol. The Morgan fingerprint density at radius 3 is 2.75 bits per heavy atom. The van der Waals surface area contributed by atoms with Crippen LogP contribution in [0.1, 0.15) is 38.3 Å². The first-order valence-corrected chi connectivity index (χ1v) is 6.80. The van der Waals surface area contributed by atoms with Crippen molar-refractivity contribution in [1.29, 1.82) is 0 Å². The summed E-state index contributed by atoms with van der Waals surface area (Å²) in [6.45, 7) is 4.19. The Labute approximate surface area is 120 Å². The van der Waals surface area contributed by atoms with E-state index < -0.39 is 0 Å². The number of hydrogen-bond acceptors (Lipinski definition) is 5. The molecule has 1 atom stereocenters. The summed E-state index contributed by atoms with van der Waals surface area (Å²) in [5, 5.41) is 0. The molecule has 112 valence electrons. The standard InChI is InChI=1S/C15H23NO4/c1-4-5-8-19-15(17)10-20-14-9-12(18-3)6-7-13(14)11(2)16/h6-7,9,11H,4-5,8,10,16H2,1-3H3/t11-/m0/s1. The molecule has 0 aliphatic carbocycles. The highest BCUT2D eigenvalue weighted by molar-refractivity contribution is 5.71. The van der Waals surface area contributed by atoms with Gasteiger partial charge in [-0.15, -0.1) is 0 Å². The van der Waals surface area contributed by atoms with E-state index in [4.69, 9.17) is 19.9 Å². The third-order valence-electron chi connectivity index (χ3n) is 2.82.